The van der Waals surface area contributed by atoms with Crippen LogP contribution in [0.2, 0.25) is 5.02 Å². The van der Waals surface area contributed by atoms with E-state index in [2.05, 4.69) is 5.10 Å². The number of nitrogens with zero attached hydrogens (tertiary/aromatic N) is 3. The van der Waals surface area contributed by atoms with E-state index in [1.54, 1.807) is 0 Å². The second kappa shape index (κ2) is 5.57. The van der Waals surface area contributed by atoms with Crippen LogP contribution in [0.5, 0.6) is 5.75 Å². The summed E-state index contributed by atoms with van der Waals surface area (Å²) in [6, 6.07) is 5.28. The Balaban J connectivity index is 2.14. The molecule has 0 saturated heterocycles. The molecule has 1 N–H and O–H groups in total. The predicted octanol–water partition coefficient (Wildman–Crippen LogP) is 2.18. The van der Waals surface area contributed by atoms with Crippen LogP contribution >= 0.6 is 11.6 Å². The lowest BCUT2D eigenvalue weighted by atomic mass is 10.3. The van der Waals surface area contributed by atoms with Gasteiger partial charge in [-0.15, -0.1) is 0 Å². The zero-order valence-corrected chi connectivity index (χ0v) is 10.6. The molecule has 0 fully saturated rings. The Kier molecular flexibility index (Phi) is 3.85. The maximum absolute atomic E-state index is 10.8. The molecule has 8 nitrogen and oxygen atoms in total. The summed E-state index contributed by atoms with van der Waals surface area (Å²) in [6.45, 7) is -0.157. The van der Waals surface area contributed by atoms with Gasteiger partial charge in [-0.05, 0) is 18.2 Å². The number of nitro groups is 1. The summed E-state index contributed by atoms with van der Waals surface area (Å²) in [5.74, 6) is -1.15. The summed E-state index contributed by atoms with van der Waals surface area (Å²) in [4.78, 5) is 20.9. The van der Waals surface area contributed by atoms with Crippen molar-refractivity contribution < 1.29 is 19.6 Å². The fourth-order valence-electron chi connectivity index (χ4n) is 1.44. The van der Waals surface area contributed by atoms with Gasteiger partial charge in [0.2, 0.25) is 0 Å². The average Bonchev–Trinajstić information content (AvgIpc) is 2.86. The van der Waals surface area contributed by atoms with Gasteiger partial charge in [0.05, 0.1) is 4.92 Å². The van der Waals surface area contributed by atoms with Crippen molar-refractivity contribution in [1.82, 2.24) is 9.78 Å². The maximum Gasteiger partial charge on any atom is 0.356 e. The molecule has 0 radical (unpaired) electrons. The van der Waals surface area contributed by atoms with Crippen LogP contribution < -0.4 is 4.74 Å². The summed E-state index contributed by atoms with van der Waals surface area (Å²) in [5, 5.41) is 23.5. The lowest BCUT2D eigenvalue weighted by Crippen LogP contribution is -2.08. The zero-order chi connectivity index (χ0) is 14.7. The number of hydrogen-bond acceptors (Lipinski definition) is 5. The lowest BCUT2D eigenvalue weighted by molar-refractivity contribution is -0.386. The third-order valence-corrected chi connectivity index (χ3v) is 2.56. The van der Waals surface area contributed by atoms with Crippen LogP contribution in [0.15, 0.2) is 30.5 Å². The van der Waals surface area contributed by atoms with Gasteiger partial charge in [-0.1, -0.05) is 11.6 Å². The molecule has 0 unspecified atom stereocenters. The number of benzene rings is 1. The molecule has 2 rings (SSSR count). The van der Waals surface area contributed by atoms with Crippen LogP contribution in [0.4, 0.5) is 5.69 Å². The van der Waals surface area contributed by atoms with Crippen molar-refractivity contribution in [3.63, 3.8) is 0 Å². The minimum Gasteiger partial charge on any atom is -0.476 e. The van der Waals surface area contributed by atoms with E-state index in [0.29, 0.717) is 0 Å². The number of halogens is 1. The smallest absolute Gasteiger partial charge is 0.356 e. The molecule has 0 spiro atoms. The first-order valence-electron chi connectivity index (χ1n) is 5.31. The van der Waals surface area contributed by atoms with E-state index in [1.807, 2.05) is 0 Å². The highest BCUT2D eigenvalue weighted by molar-refractivity contribution is 6.30. The molecule has 20 heavy (non-hydrogen) atoms. The van der Waals surface area contributed by atoms with Crippen LogP contribution in [-0.4, -0.2) is 25.8 Å². The molecule has 1 aromatic carbocycles. The van der Waals surface area contributed by atoms with Gasteiger partial charge in [-0.3, -0.25) is 10.1 Å². The highest BCUT2D eigenvalue weighted by atomic mass is 35.5. The Morgan fingerprint density at radius 3 is 2.85 bits per heavy atom. The minimum absolute atomic E-state index is 0.0202. The molecular formula is C11H8ClN3O5. The van der Waals surface area contributed by atoms with Gasteiger partial charge in [0, 0.05) is 17.3 Å². The second-order valence-corrected chi connectivity index (χ2v) is 4.12. The van der Waals surface area contributed by atoms with E-state index >= 15 is 0 Å². The number of rotatable bonds is 5. The van der Waals surface area contributed by atoms with Crippen LogP contribution in [0.1, 0.15) is 10.5 Å². The molecule has 1 aromatic heterocycles. The third-order valence-electron chi connectivity index (χ3n) is 2.33. The Morgan fingerprint density at radius 2 is 2.25 bits per heavy atom. The number of carboxylic acid groups (broad SMARTS) is 1. The highest BCUT2D eigenvalue weighted by Crippen LogP contribution is 2.29. The lowest BCUT2D eigenvalue weighted by Gasteiger charge is -2.06. The van der Waals surface area contributed by atoms with E-state index < -0.39 is 10.9 Å². The number of ether oxygens (including phenoxy) is 1. The monoisotopic (exact) mass is 297 g/mol. The molecule has 0 saturated carbocycles. The van der Waals surface area contributed by atoms with Crippen LogP contribution in [-0.2, 0) is 6.73 Å². The van der Waals surface area contributed by atoms with Crippen molar-refractivity contribution in [2.75, 3.05) is 0 Å². The maximum atomic E-state index is 10.8. The summed E-state index contributed by atoms with van der Waals surface area (Å²) in [6.07, 6.45) is 1.39. The molecule has 0 bridgehead atoms. The second-order valence-electron chi connectivity index (χ2n) is 3.69. The first kappa shape index (κ1) is 13.8. The number of nitro benzene ring substituents is 1. The van der Waals surface area contributed by atoms with Crippen molar-refractivity contribution in [2.45, 2.75) is 6.73 Å². The fourth-order valence-corrected chi connectivity index (χ4v) is 1.60. The first-order chi connectivity index (χ1) is 9.47. The molecule has 104 valence electrons. The van der Waals surface area contributed by atoms with Gasteiger partial charge < -0.3 is 9.84 Å². The largest absolute Gasteiger partial charge is 0.476 e. The number of hydrogen-bond donors (Lipinski definition) is 1. The summed E-state index contributed by atoms with van der Waals surface area (Å²) in [5.41, 5.74) is -0.415. The van der Waals surface area contributed by atoms with Gasteiger partial charge >= 0.3 is 11.7 Å². The molecule has 0 amide bonds. The molecule has 0 atom stereocenters. The van der Waals surface area contributed by atoms with Crippen molar-refractivity contribution in [3.05, 3.63) is 51.3 Å². The summed E-state index contributed by atoms with van der Waals surface area (Å²) < 4.78 is 6.45. The third kappa shape index (κ3) is 3.04. The van der Waals surface area contributed by atoms with E-state index in [9.17, 15) is 14.9 Å². The Bertz CT molecular complexity index is 670. The summed E-state index contributed by atoms with van der Waals surface area (Å²) >= 11 is 5.67. The molecule has 9 heteroatoms. The molecule has 0 aliphatic carbocycles. The molecular weight excluding hydrogens is 290 g/mol. The fraction of sp³-hybridized carbons (Fsp3) is 0.0909. The number of aromatic carboxylic acids is 1. The summed E-state index contributed by atoms with van der Waals surface area (Å²) in [7, 11) is 0. The number of carbonyl (C=O) groups is 1. The van der Waals surface area contributed by atoms with Crippen molar-refractivity contribution in [3.8, 4) is 5.75 Å². The van der Waals surface area contributed by atoms with Crippen LogP contribution in [0.25, 0.3) is 0 Å². The van der Waals surface area contributed by atoms with E-state index in [4.69, 9.17) is 21.4 Å². The molecule has 0 aliphatic rings. The average molecular weight is 298 g/mol. The van der Waals surface area contributed by atoms with Crippen molar-refractivity contribution in [2.24, 2.45) is 0 Å². The van der Waals surface area contributed by atoms with Crippen molar-refractivity contribution in [1.29, 1.82) is 0 Å². The predicted molar refractivity (Wildman–Crippen MR) is 67.9 cm³/mol. The quantitative estimate of drug-likeness (QED) is 0.669. The van der Waals surface area contributed by atoms with Gasteiger partial charge in [-0.2, -0.15) is 5.10 Å². The van der Waals surface area contributed by atoms with Gasteiger partial charge in [0.1, 0.15) is 0 Å². The number of aromatic nitrogens is 2. The van der Waals surface area contributed by atoms with Crippen molar-refractivity contribution >= 4 is 23.3 Å². The number of carboxylic acids is 1. The topological polar surface area (TPSA) is 107 Å². The zero-order valence-electron chi connectivity index (χ0n) is 9.89. The van der Waals surface area contributed by atoms with Gasteiger partial charge in [0.25, 0.3) is 0 Å². The molecule has 0 aliphatic heterocycles. The van der Waals surface area contributed by atoms with E-state index in [1.165, 1.54) is 35.1 Å². The normalized spacial score (nSPS) is 10.2. The van der Waals surface area contributed by atoms with Crippen LogP contribution in [0, 0.1) is 10.1 Å². The van der Waals surface area contributed by atoms with Gasteiger partial charge in [-0.25, -0.2) is 9.48 Å². The minimum atomic E-state index is -1.17. The Morgan fingerprint density at radius 1 is 1.50 bits per heavy atom. The molecule has 2 aromatic rings. The Hall–Kier alpha value is -2.61. The van der Waals surface area contributed by atoms with Gasteiger partial charge in [0.15, 0.2) is 18.2 Å². The van der Waals surface area contributed by atoms with E-state index in [-0.39, 0.29) is 28.9 Å². The first-order valence-corrected chi connectivity index (χ1v) is 5.68. The van der Waals surface area contributed by atoms with Crippen LogP contribution in [0.3, 0.4) is 0 Å². The standard InChI is InChI=1S/C11H8ClN3O5/c12-7-1-2-10(9(5-7)15(18)19)20-6-14-4-3-8(13-14)11(16)17/h1-5H,6H2,(H,16,17). The highest BCUT2D eigenvalue weighted by Gasteiger charge is 2.16. The Labute approximate surface area is 117 Å². The molecule has 1 heterocycles. The SMILES string of the molecule is O=C(O)c1ccn(COc2ccc(Cl)cc2[N+](=O)[O-])n1. The van der Waals surface area contributed by atoms with E-state index in [0.717, 1.165) is 0 Å².